The fourth-order valence-corrected chi connectivity index (χ4v) is 4.07. The van der Waals surface area contributed by atoms with Crippen LogP contribution in [-0.2, 0) is 12.3 Å². The molecule has 4 heterocycles. The number of aromatic nitrogens is 4. The molecule has 4 aromatic rings. The second-order valence-electron chi connectivity index (χ2n) is 6.24. The quantitative estimate of drug-likeness (QED) is 0.406. The van der Waals surface area contributed by atoms with Crippen molar-refractivity contribution in [3.63, 3.8) is 0 Å². The summed E-state index contributed by atoms with van der Waals surface area (Å²) in [7, 11) is 0. The molecule has 6 nitrogen and oxygen atoms in total. The zero-order valence-corrected chi connectivity index (χ0v) is 16.1. The second-order valence-corrected chi connectivity index (χ2v) is 8.13. The maximum absolute atomic E-state index is 5.50. The Balaban J connectivity index is 1.53. The molecular weight excluding hydrogens is 368 g/mol. The van der Waals surface area contributed by atoms with Crippen LogP contribution in [0.1, 0.15) is 19.5 Å². The van der Waals surface area contributed by atoms with E-state index in [1.54, 1.807) is 29.4 Å². The molecule has 0 spiro atoms. The molecule has 0 saturated heterocycles. The van der Waals surface area contributed by atoms with Gasteiger partial charge in [0.25, 0.3) is 0 Å². The average Bonchev–Trinajstić information content (AvgIpc) is 3.38. The van der Waals surface area contributed by atoms with Crippen LogP contribution in [0.3, 0.4) is 0 Å². The molecule has 134 valence electrons. The first-order chi connectivity index (χ1) is 12.7. The van der Waals surface area contributed by atoms with Crippen LogP contribution in [0.15, 0.2) is 56.1 Å². The van der Waals surface area contributed by atoms with Gasteiger partial charge in [0.05, 0.1) is 16.8 Å². The fourth-order valence-electron chi connectivity index (χ4n) is 2.57. The molecular formula is C18H18N4O2S2. The Hall–Kier alpha value is -2.32. The zero-order chi connectivity index (χ0) is 17.9. The van der Waals surface area contributed by atoms with E-state index >= 15 is 0 Å². The molecule has 0 saturated carbocycles. The van der Waals surface area contributed by atoms with Gasteiger partial charge in [0.2, 0.25) is 0 Å². The van der Waals surface area contributed by atoms with Gasteiger partial charge in [-0.15, -0.1) is 21.5 Å². The minimum Gasteiger partial charge on any atom is -0.461 e. The van der Waals surface area contributed by atoms with Crippen molar-refractivity contribution in [2.45, 2.75) is 31.3 Å². The van der Waals surface area contributed by atoms with Crippen LogP contribution in [0, 0.1) is 5.92 Å². The monoisotopic (exact) mass is 386 g/mol. The molecule has 4 aromatic heterocycles. The van der Waals surface area contributed by atoms with Crippen LogP contribution in [0.2, 0.25) is 0 Å². The summed E-state index contributed by atoms with van der Waals surface area (Å²) in [4.78, 5) is 1.08. The van der Waals surface area contributed by atoms with Gasteiger partial charge >= 0.3 is 0 Å². The second kappa shape index (κ2) is 7.51. The van der Waals surface area contributed by atoms with E-state index in [-0.39, 0.29) is 0 Å². The third kappa shape index (κ3) is 3.61. The predicted molar refractivity (Wildman–Crippen MR) is 102 cm³/mol. The Morgan fingerprint density at radius 3 is 2.85 bits per heavy atom. The van der Waals surface area contributed by atoms with Crippen LogP contribution in [0.5, 0.6) is 0 Å². The summed E-state index contributed by atoms with van der Waals surface area (Å²) in [5.41, 5.74) is 0.886. The highest BCUT2D eigenvalue weighted by atomic mass is 32.2. The van der Waals surface area contributed by atoms with E-state index in [0.29, 0.717) is 11.7 Å². The van der Waals surface area contributed by atoms with Gasteiger partial charge in [-0.2, -0.15) is 0 Å². The summed E-state index contributed by atoms with van der Waals surface area (Å²) in [6.07, 6.45) is 1.65. The lowest BCUT2D eigenvalue weighted by Crippen LogP contribution is -2.07. The summed E-state index contributed by atoms with van der Waals surface area (Å²) in [5.74, 6) is 3.42. The maximum Gasteiger partial charge on any atom is 0.200 e. The van der Waals surface area contributed by atoms with E-state index in [2.05, 4.69) is 33.8 Å². The first-order valence-corrected chi connectivity index (χ1v) is 10.2. The normalized spacial score (nSPS) is 11.5. The molecule has 0 unspecified atom stereocenters. The van der Waals surface area contributed by atoms with E-state index in [1.165, 1.54) is 0 Å². The van der Waals surface area contributed by atoms with Gasteiger partial charge in [-0.05, 0) is 29.5 Å². The lowest BCUT2D eigenvalue weighted by molar-refractivity contribution is 0.427. The SMILES string of the molecule is CC(C)Cn1c(SCc2cc(-c3cccs3)on2)nnc1-c1ccco1. The number of hydrogen-bond donors (Lipinski definition) is 0. The summed E-state index contributed by atoms with van der Waals surface area (Å²) in [6, 6.07) is 9.77. The highest BCUT2D eigenvalue weighted by Gasteiger charge is 2.18. The molecule has 0 radical (unpaired) electrons. The van der Waals surface area contributed by atoms with Gasteiger partial charge in [-0.1, -0.05) is 36.8 Å². The third-order valence-corrected chi connectivity index (χ3v) is 5.56. The van der Waals surface area contributed by atoms with Crippen molar-refractivity contribution in [2.75, 3.05) is 0 Å². The van der Waals surface area contributed by atoms with Crippen molar-refractivity contribution in [1.29, 1.82) is 0 Å². The van der Waals surface area contributed by atoms with Gasteiger partial charge in [0.1, 0.15) is 0 Å². The third-order valence-electron chi connectivity index (χ3n) is 3.68. The van der Waals surface area contributed by atoms with Gasteiger partial charge < -0.3 is 8.94 Å². The summed E-state index contributed by atoms with van der Waals surface area (Å²) >= 11 is 3.24. The number of hydrogen-bond acceptors (Lipinski definition) is 7. The standard InChI is InChI=1S/C18H18N4O2S2/c1-12(2)10-22-17(14-5-3-7-23-14)19-20-18(22)26-11-13-9-15(24-21-13)16-6-4-8-25-16/h3-9,12H,10-11H2,1-2H3. The zero-order valence-electron chi connectivity index (χ0n) is 14.5. The molecule has 0 fully saturated rings. The van der Waals surface area contributed by atoms with Gasteiger partial charge in [-0.3, -0.25) is 4.57 Å². The molecule has 0 N–H and O–H groups in total. The molecule has 0 bridgehead atoms. The molecule has 0 aliphatic rings. The van der Waals surface area contributed by atoms with E-state index in [9.17, 15) is 0 Å². The van der Waals surface area contributed by atoms with Crippen LogP contribution < -0.4 is 0 Å². The van der Waals surface area contributed by atoms with E-state index in [1.807, 2.05) is 35.7 Å². The van der Waals surface area contributed by atoms with Crippen molar-refractivity contribution >= 4 is 23.1 Å². The van der Waals surface area contributed by atoms with Gasteiger partial charge in [0, 0.05) is 18.4 Å². The van der Waals surface area contributed by atoms with Crippen molar-refractivity contribution < 1.29 is 8.94 Å². The average molecular weight is 387 g/mol. The Morgan fingerprint density at radius 1 is 1.19 bits per heavy atom. The first-order valence-electron chi connectivity index (χ1n) is 8.30. The van der Waals surface area contributed by atoms with E-state index in [0.717, 1.165) is 39.6 Å². The number of thioether (sulfide) groups is 1. The largest absolute Gasteiger partial charge is 0.461 e. The minimum atomic E-state index is 0.469. The summed E-state index contributed by atoms with van der Waals surface area (Å²) in [5, 5.41) is 15.7. The van der Waals surface area contributed by atoms with Crippen molar-refractivity contribution in [2.24, 2.45) is 5.92 Å². The number of furan rings is 1. The number of nitrogens with zero attached hydrogens (tertiary/aromatic N) is 4. The Kier molecular flexibility index (Phi) is 4.94. The Morgan fingerprint density at radius 2 is 2.12 bits per heavy atom. The van der Waals surface area contributed by atoms with Crippen LogP contribution >= 0.6 is 23.1 Å². The van der Waals surface area contributed by atoms with E-state index < -0.39 is 0 Å². The fraction of sp³-hybridized carbons (Fsp3) is 0.278. The first kappa shape index (κ1) is 17.1. The number of rotatable bonds is 7. The molecule has 0 aromatic carbocycles. The number of thiophene rings is 1. The van der Waals surface area contributed by atoms with Gasteiger partial charge in [0.15, 0.2) is 22.5 Å². The van der Waals surface area contributed by atoms with Gasteiger partial charge in [-0.25, -0.2) is 0 Å². The molecule has 26 heavy (non-hydrogen) atoms. The van der Waals surface area contributed by atoms with Crippen molar-refractivity contribution in [3.05, 3.63) is 47.7 Å². The summed E-state index contributed by atoms with van der Waals surface area (Å²) < 4.78 is 13.1. The highest BCUT2D eigenvalue weighted by Crippen LogP contribution is 2.30. The molecule has 0 aliphatic carbocycles. The molecule has 0 atom stereocenters. The lowest BCUT2D eigenvalue weighted by Gasteiger charge is -2.10. The van der Waals surface area contributed by atoms with Crippen molar-refractivity contribution in [3.8, 4) is 22.2 Å². The smallest absolute Gasteiger partial charge is 0.200 e. The Labute approximate surface area is 159 Å². The highest BCUT2D eigenvalue weighted by molar-refractivity contribution is 7.98. The van der Waals surface area contributed by atoms with Crippen LogP contribution in [-0.4, -0.2) is 19.9 Å². The Bertz CT molecular complexity index is 956. The van der Waals surface area contributed by atoms with E-state index in [4.69, 9.17) is 8.94 Å². The van der Waals surface area contributed by atoms with Crippen LogP contribution in [0.4, 0.5) is 0 Å². The van der Waals surface area contributed by atoms with Crippen LogP contribution in [0.25, 0.3) is 22.2 Å². The predicted octanol–water partition coefficient (Wildman–Crippen LogP) is 5.20. The molecule has 4 rings (SSSR count). The molecule has 8 heteroatoms. The van der Waals surface area contributed by atoms with Crippen molar-refractivity contribution in [1.82, 2.24) is 19.9 Å². The minimum absolute atomic E-state index is 0.469. The summed E-state index contributed by atoms with van der Waals surface area (Å²) in [6.45, 7) is 5.17. The maximum atomic E-state index is 5.50. The molecule has 0 aliphatic heterocycles. The topological polar surface area (TPSA) is 69.9 Å². The lowest BCUT2D eigenvalue weighted by atomic mass is 10.2. The molecule has 0 amide bonds.